The predicted octanol–water partition coefficient (Wildman–Crippen LogP) is 6.06. The van der Waals surface area contributed by atoms with Crippen molar-refractivity contribution in [1.29, 1.82) is 0 Å². The number of carbonyl (C=O) groups excluding carboxylic acids is 1. The molecule has 2 amide bonds. The summed E-state index contributed by atoms with van der Waals surface area (Å²) < 4.78 is 13.3. The Morgan fingerprint density at radius 1 is 1.04 bits per heavy atom. The zero-order valence-corrected chi connectivity index (χ0v) is 15.6. The zero-order chi connectivity index (χ0) is 18.5. The molecule has 2 aromatic rings. The van der Waals surface area contributed by atoms with Crippen molar-refractivity contribution in [2.24, 2.45) is 0 Å². The van der Waals surface area contributed by atoms with E-state index in [1.165, 1.54) is 43.4 Å². The molecule has 3 nitrogen and oxygen atoms in total. The van der Waals surface area contributed by atoms with E-state index >= 15 is 0 Å². The van der Waals surface area contributed by atoms with Crippen molar-refractivity contribution in [3.05, 3.63) is 65.0 Å². The number of urea groups is 1. The summed E-state index contributed by atoms with van der Waals surface area (Å²) in [6.45, 7) is 5.41. The van der Waals surface area contributed by atoms with Crippen LogP contribution in [0.4, 0.5) is 14.9 Å². The van der Waals surface area contributed by atoms with Gasteiger partial charge in [0.25, 0.3) is 0 Å². The second kappa shape index (κ2) is 8.35. The Morgan fingerprint density at radius 3 is 2.35 bits per heavy atom. The fourth-order valence-corrected chi connectivity index (χ4v) is 3.72. The topological polar surface area (TPSA) is 32.3 Å². The number of amides is 2. The summed E-state index contributed by atoms with van der Waals surface area (Å²) in [4.78, 5) is 14.2. The van der Waals surface area contributed by atoms with Gasteiger partial charge in [0.15, 0.2) is 0 Å². The van der Waals surface area contributed by atoms with Gasteiger partial charge in [-0.2, -0.15) is 0 Å². The van der Waals surface area contributed by atoms with Crippen LogP contribution in [0, 0.1) is 5.82 Å². The maximum atomic E-state index is 13.3. The molecule has 0 bridgehead atoms. The second-order valence-electron chi connectivity index (χ2n) is 7.10. The molecule has 138 valence electrons. The maximum absolute atomic E-state index is 13.3. The van der Waals surface area contributed by atoms with Crippen LogP contribution in [0.1, 0.15) is 62.1 Å². The van der Waals surface area contributed by atoms with Gasteiger partial charge in [0.1, 0.15) is 5.82 Å². The number of nitrogens with zero attached hydrogens (tertiary/aromatic N) is 1. The largest absolute Gasteiger partial charge is 0.322 e. The van der Waals surface area contributed by atoms with Gasteiger partial charge in [0.05, 0.1) is 0 Å². The first-order chi connectivity index (χ1) is 12.6. The standard InChI is InChI=1S/C22H27FN2O/c1-3-5-16(6-4-2)17-8-11-21(12-9-17)24-22(26)25-14-18-7-10-20(23)13-19(18)15-25/h7-13,16H,3-6,14-15H2,1-2H3,(H,24,26). The van der Waals surface area contributed by atoms with Gasteiger partial charge in [-0.15, -0.1) is 0 Å². The van der Waals surface area contributed by atoms with E-state index in [0.29, 0.717) is 19.0 Å². The molecular weight excluding hydrogens is 327 g/mol. The Morgan fingerprint density at radius 2 is 1.69 bits per heavy atom. The molecule has 0 aromatic heterocycles. The molecule has 3 rings (SSSR count). The van der Waals surface area contributed by atoms with E-state index in [2.05, 4.69) is 31.3 Å². The molecule has 0 saturated heterocycles. The van der Waals surface area contributed by atoms with E-state index in [0.717, 1.165) is 16.8 Å². The summed E-state index contributed by atoms with van der Waals surface area (Å²) in [5, 5.41) is 2.96. The molecule has 1 heterocycles. The molecule has 2 aromatic carbocycles. The minimum atomic E-state index is -0.254. The van der Waals surface area contributed by atoms with Crippen LogP contribution < -0.4 is 5.32 Å². The highest BCUT2D eigenvalue weighted by Crippen LogP contribution is 2.28. The van der Waals surface area contributed by atoms with Crippen LogP contribution in [-0.2, 0) is 13.1 Å². The van der Waals surface area contributed by atoms with E-state index in [4.69, 9.17) is 0 Å². The Kier molecular flexibility index (Phi) is 5.92. The first kappa shape index (κ1) is 18.4. The van der Waals surface area contributed by atoms with Crippen LogP contribution in [0.2, 0.25) is 0 Å². The fourth-order valence-electron chi connectivity index (χ4n) is 3.72. The van der Waals surface area contributed by atoms with Crippen LogP contribution >= 0.6 is 0 Å². The summed E-state index contributed by atoms with van der Waals surface area (Å²) in [5.41, 5.74) is 4.04. The van der Waals surface area contributed by atoms with Crippen LogP contribution in [0.3, 0.4) is 0 Å². The molecule has 0 spiro atoms. The highest BCUT2D eigenvalue weighted by atomic mass is 19.1. The van der Waals surface area contributed by atoms with Gasteiger partial charge in [0.2, 0.25) is 0 Å². The number of halogens is 1. The van der Waals surface area contributed by atoms with Crippen molar-refractivity contribution in [1.82, 2.24) is 4.90 Å². The first-order valence-corrected chi connectivity index (χ1v) is 9.54. The highest BCUT2D eigenvalue weighted by Gasteiger charge is 2.23. The average molecular weight is 354 g/mol. The molecule has 0 saturated carbocycles. The Bertz CT molecular complexity index is 751. The minimum absolute atomic E-state index is 0.145. The Balaban J connectivity index is 1.61. The smallest absolute Gasteiger partial charge is 0.316 e. The molecule has 26 heavy (non-hydrogen) atoms. The highest BCUT2D eigenvalue weighted by molar-refractivity contribution is 5.89. The van der Waals surface area contributed by atoms with Gasteiger partial charge >= 0.3 is 6.03 Å². The van der Waals surface area contributed by atoms with Crippen molar-refractivity contribution in [3.8, 4) is 0 Å². The molecule has 4 heteroatoms. The summed E-state index contributed by atoms with van der Waals surface area (Å²) in [5.74, 6) is 0.341. The molecular formula is C22H27FN2O. The monoisotopic (exact) mass is 354 g/mol. The number of anilines is 1. The predicted molar refractivity (Wildman–Crippen MR) is 104 cm³/mol. The third-order valence-electron chi connectivity index (χ3n) is 5.09. The SMILES string of the molecule is CCCC(CCC)c1ccc(NC(=O)N2Cc3ccc(F)cc3C2)cc1. The quantitative estimate of drug-likeness (QED) is 0.672. The number of hydrogen-bond acceptors (Lipinski definition) is 1. The number of nitrogens with one attached hydrogen (secondary N) is 1. The molecule has 0 radical (unpaired) electrons. The molecule has 1 N–H and O–H groups in total. The number of carbonyl (C=O) groups is 1. The third kappa shape index (κ3) is 4.24. The summed E-state index contributed by atoms with van der Waals surface area (Å²) in [6, 6.07) is 12.8. The first-order valence-electron chi connectivity index (χ1n) is 9.54. The van der Waals surface area contributed by atoms with Crippen LogP contribution in [0.5, 0.6) is 0 Å². The lowest BCUT2D eigenvalue weighted by atomic mass is 9.90. The Labute approximate surface area is 155 Å². The molecule has 0 atom stereocenters. The van der Waals surface area contributed by atoms with Crippen LogP contribution in [0.15, 0.2) is 42.5 Å². The van der Waals surface area contributed by atoms with Gasteiger partial charge in [0, 0.05) is 18.8 Å². The van der Waals surface area contributed by atoms with Gasteiger partial charge in [-0.05, 0) is 59.7 Å². The number of benzene rings is 2. The summed E-state index contributed by atoms with van der Waals surface area (Å²) in [7, 11) is 0. The average Bonchev–Trinajstić information content (AvgIpc) is 3.05. The van der Waals surface area contributed by atoms with Crippen molar-refractivity contribution in [2.75, 3.05) is 5.32 Å². The number of fused-ring (bicyclic) bond motifs is 1. The van der Waals surface area contributed by atoms with E-state index in [9.17, 15) is 9.18 Å². The maximum Gasteiger partial charge on any atom is 0.322 e. The van der Waals surface area contributed by atoms with Gasteiger partial charge < -0.3 is 10.2 Å². The molecule has 1 aliphatic heterocycles. The van der Waals surface area contributed by atoms with Crippen molar-refractivity contribution >= 4 is 11.7 Å². The minimum Gasteiger partial charge on any atom is -0.316 e. The fraction of sp³-hybridized carbons (Fsp3) is 0.409. The van der Waals surface area contributed by atoms with Crippen LogP contribution in [-0.4, -0.2) is 10.9 Å². The lowest BCUT2D eigenvalue weighted by molar-refractivity contribution is 0.212. The van der Waals surface area contributed by atoms with Crippen LogP contribution in [0.25, 0.3) is 0 Å². The number of rotatable bonds is 6. The van der Waals surface area contributed by atoms with Crippen molar-refractivity contribution in [3.63, 3.8) is 0 Å². The molecule has 0 aliphatic carbocycles. The molecule has 1 aliphatic rings. The lowest BCUT2D eigenvalue weighted by Gasteiger charge is -2.18. The van der Waals surface area contributed by atoms with Gasteiger partial charge in [-0.1, -0.05) is 44.9 Å². The molecule has 0 fully saturated rings. The summed E-state index contributed by atoms with van der Waals surface area (Å²) >= 11 is 0. The van der Waals surface area contributed by atoms with E-state index < -0.39 is 0 Å². The third-order valence-corrected chi connectivity index (χ3v) is 5.09. The Hall–Kier alpha value is -2.36. The van der Waals surface area contributed by atoms with E-state index in [1.807, 2.05) is 12.1 Å². The number of hydrogen-bond donors (Lipinski definition) is 1. The molecule has 0 unspecified atom stereocenters. The lowest BCUT2D eigenvalue weighted by Crippen LogP contribution is -2.30. The normalized spacial score (nSPS) is 13.2. The van der Waals surface area contributed by atoms with Gasteiger partial charge in [-0.25, -0.2) is 9.18 Å². The van der Waals surface area contributed by atoms with Crippen molar-refractivity contribution < 1.29 is 9.18 Å². The zero-order valence-electron chi connectivity index (χ0n) is 15.6. The van der Waals surface area contributed by atoms with E-state index in [1.54, 1.807) is 11.0 Å². The second-order valence-corrected chi connectivity index (χ2v) is 7.10. The summed E-state index contributed by atoms with van der Waals surface area (Å²) in [6.07, 6.45) is 4.75. The van der Waals surface area contributed by atoms with Crippen molar-refractivity contribution in [2.45, 2.75) is 58.5 Å². The van der Waals surface area contributed by atoms with E-state index in [-0.39, 0.29) is 11.8 Å². The van der Waals surface area contributed by atoms with Gasteiger partial charge in [-0.3, -0.25) is 0 Å².